The van der Waals surface area contributed by atoms with E-state index in [0.717, 1.165) is 0 Å². The van der Waals surface area contributed by atoms with E-state index in [1.807, 2.05) is 0 Å². The second kappa shape index (κ2) is 6.04. The third kappa shape index (κ3) is 4.02. The molecule has 0 aromatic carbocycles. The van der Waals surface area contributed by atoms with E-state index in [1.165, 1.54) is 55.7 Å². The van der Waals surface area contributed by atoms with Gasteiger partial charge in [-0.3, -0.25) is 0 Å². The van der Waals surface area contributed by atoms with E-state index in [1.54, 1.807) is 0 Å². The van der Waals surface area contributed by atoms with Crippen molar-refractivity contribution in [2.45, 2.75) is 58.7 Å². The molecule has 12 heteroatoms. The van der Waals surface area contributed by atoms with Gasteiger partial charge in [0.05, 0.1) is 17.2 Å². The molecule has 1 heterocycles. The minimum absolute atomic E-state index is 0.978. The minimum Gasteiger partial charge on any atom is -0.378 e. The van der Waals surface area contributed by atoms with Gasteiger partial charge in [0.1, 0.15) is 0 Å². The Hall–Kier alpha value is 0.825. The van der Waals surface area contributed by atoms with Gasteiger partial charge in [0, 0.05) is 0 Å². The van der Waals surface area contributed by atoms with Crippen molar-refractivity contribution in [3.05, 3.63) is 0 Å². The van der Waals surface area contributed by atoms with Gasteiger partial charge >= 0.3 is 19.2 Å². The van der Waals surface area contributed by atoms with Crippen molar-refractivity contribution < 1.29 is 15.3 Å². The number of hydrogen-bond acceptors (Lipinski definition) is 6. The van der Waals surface area contributed by atoms with E-state index in [0.29, 0.717) is 0 Å². The molecule has 0 bridgehead atoms. The Labute approximate surface area is 142 Å². The number of halogens is 3. The molecule has 0 aromatic rings. The SMILES string of the molecule is CC(C)(O)N1B(Cl)N(C(C)(C)O)B(Cl)N(C(C)(C)O)B1Cl. The first-order valence-corrected chi connectivity index (χ1v) is 7.85. The van der Waals surface area contributed by atoms with E-state index in [2.05, 4.69) is 0 Å². The van der Waals surface area contributed by atoms with Crippen molar-refractivity contribution in [3.63, 3.8) is 0 Å². The van der Waals surface area contributed by atoms with E-state index >= 15 is 0 Å². The maximum atomic E-state index is 10.3. The van der Waals surface area contributed by atoms with Crippen molar-refractivity contribution in [1.29, 1.82) is 0 Å². The second-order valence-corrected chi connectivity index (χ2v) is 7.81. The fourth-order valence-electron chi connectivity index (χ4n) is 2.27. The van der Waals surface area contributed by atoms with Crippen LogP contribution in [0, 0.1) is 0 Å². The summed E-state index contributed by atoms with van der Waals surface area (Å²) in [6, 6.07) is 0. The third-order valence-corrected chi connectivity index (χ3v) is 4.53. The lowest BCUT2D eigenvalue weighted by Gasteiger charge is -2.57. The molecular formula is C9H21B3Cl3N3O3. The fraction of sp³-hybridized carbons (Fsp3) is 1.00. The predicted octanol–water partition coefficient (Wildman–Crippen LogP) is 0.762. The summed E-state index contributed by atoms with van der Waals surface area (Å²) in [7, 11) is 0. The first-order valence-electron chi connectivity index (χ1n) is 6.55. The van der Waals surface area contributed by atoms with Crippen molar-refractivity contribution >= 4 is 53.6 Å². The molecule has 0 aromatic heterocycles. The molecule has 6 nitrogen and oxygen atoms in total. The molecule has 0 unspecified atom stereocenters. The molecule has 0 atom stereocenters. The summed E-state index contributed by atoms with van der Waals surface area (Å²) in [4.78, 5) is 0. The number of nitrogens with zero attached hydrogens (tertiary/aromatic N) is 3. The molecule has 1 rings (SSSR count). The third-order valence-electron chi connectivity index (χ3n) is 3.27. The Morgan fingerprint density at radius 2 is 0.714 bits per heavy atom. The van der Waals surface area contributed by atoms with Gasteiger partial charge in [-0.1, -0.05) is 0 Å². The van der Waals surface area contributed by atoms with Crippen LogP contribution in [-0.2, 0) is 0 Å². The van der Waals surface area contributed by atoms with Crippen LogP contribution < -0.4 is 0 Å². The van der Waals surface area contributed by atoms with Gasteiger partial charge in [-0.2, -0.15) is 34.4 Å². The van der Waals surface area contributed by atoms with Crippen LogP contribution in [0.4, 0.5) is 0 Å². The molecule has 1 aliphatic rings. The molecule has 21 heavy (non-hydrogen) atoms. The van der Waals surface area contributed by atoms with Crippen LogP contribution in [0.5, 0.6) is 0 Å². The fourth-order valence-corrected chi connectivity index (χ4v) is 4.52. The highest BCUT2D eigenvalue weighted by molar-refractivity contribution is 7.25. The van der Waals surface area contributed by atoms with Gasteiger partial charge in [-0.05, 0) is 41.5 Å². The highest BCUT2D eigenvalue weighted by atomic mass is 35.5. The minimum atomic E-state index is -1.40. The quantitative estimate of drug-likeness (QED) is 0.648. The average molecular weight is 358 g/mol. The van der Waals surface area contributed by atoms with E-state index < -0.39 is 36.4 Å². The van der Waals surface area contributed by atoms with Gasteiger partial charge < -0.3 is 29.5 Å². The highest BCUT2D eigenvalue weighted by Crippen LogP contribution is 2.36. The van der Waals surface area contributed by atoms with Crippen LogP contribution in [0.2, 0.25) is 0 Å². The average Bonchev–Trinajstić information content (AvgIpc) is 2.07. The lowest BCUT2D eigenvalue weighted by atomic mass is 9.66. The summed E-state index contributed by atoms with van der Waals surface area (Å²) >= 11 is 19.1. The van der Waals surface area contributed by atoms with Crippen LogP contribution in [0.1, 0.15) is 41.5 Å². The van der Waals surface area contributed by atoms with Gasteiger partial charge in [-0.15, -0.1) is 0 Å². The first kappa shape index (κ1) is 19.9. The molecule has 0 spiro atoms. The Morgan fingerprint density at radius 3 is 0.810 bits per heavy atom. The molecule has 1 fully saturated rings. The van der Waals surface area contributed by atoms with E-state index in [4.69, 9.17) is 34.4 Å². The van der Waals surface area contributed by atoms with Crippen molar-refractivity contribution in [2.75, 3.05) is 0 Å². The van der Waals surface area contributed by atoms with Crippen LogP contribution in [0.25, 0.3) is 0 Å². The van der Waals surface area contributed by atoms with Crippen LogP contribution in [0.15, 0.2) is 0 Å². The smallest absolute Gasteiger partial charge is 0.378 e. The number of rotatable bonds is 3. The zero-order valence-electron chi connectivity index (χ0n) is 13.0. The largest absolute Gasteiger partial charge is 0.405 e. The second-order valence-electron chi connectivity index (χ2n) is 6.64. The molecule has 0 amide bonds. The van der Waals surface area contributed by atoms with E-state index in [-0.39, 0.29) is 0 Å². The van der Waals surface area contributed by atoms with Crippen LogP contribution in [-0.4, -0.2) is 65.9 Å². The van der Waals surface area contributed by atoms with Crippen molar-refractivity contribution in [2.24, 2.45) is 0 Å². The predicted molar refractivity (Wildman–Crippen MR) is 89.2 cm³/mol. The lowest BCUT2D eigenvalue weighted by molar-refractivity contribution is -0.0456. The summed E-state index contributed by atoms with van der Waals surface area (Å²) in [6.07, 6.45) is -2.93. The monoisotopic (exact) mass is 357 g/mol. The zero-order valence-corrected chi connectivity index (χ0v) is 15.3. The van der Waals surface area contributed by atoms with Gasteiger partial charge in [0.25, 0.3) is 0 Å². The summed E-state index contributed by atoms with van der Waals surface area (Å²) in [5, 5.41) is 31.0. The summed E-state index contributed by atoms with van der Waals surface area (Å²) in [5.74, 6) is 0. The molecule has 120 valence electrons. The standard InChI is InChI=1S/C9H21B3Cl3N3O3/c1-7(2,19)16-10(13)17(8(3,4)20)12(15)18(11(16)14)9(5,6)21/h19-21H,1-6H3. The Kier molecular flexibility index (Phi) is 5.71. The van der Waals surface area contributed by atoms with E-state index in [9.17, 15) is 15.3 Å². The molecule has 1 saturated heterocycles. The lowest BCUT2D eigenvalue weighted by Crippen LogP contribution is -2.82. The molecule has 3 N–H and O–H groups in total. The molecule has 0 saturated carbocycles. The Morgan fingerprint density at radius 1 is 0.571 bits per heavy atom. The molecule has 0 radical (unpaired) electrons. The van der Waals surface area contributed by atoms with Gasteiger partial charge in [-0.25, -0.2) is 0 Å². The van der Waals surface area contributed by atoms with Crippen molar-refractivity contribution in [1.82, 2.24) is 14.2 Å². The Bertz CT molecular complexity index is 319. The van der Waals surface area contributed by atoms with Gasteiger partial charge in [0.2, 0.25) is 0 Å². The molecule has 1 aliphatic heterocycles. The molecule has 0 aliphatic carbocycles. The summed E-state index contributed by atoms with van der Waals surface area (Å²) in [6.45, 7) is 9.07. The summed E-state index contributed by atoms with van der Waals surface area (Å²) < 4.78 is 4.01. The van der Waals surface area contributed by atoms with Crippen LogP contribution >= 0.6 is 34.4 Å². The zero-order chi connectivity index (χ0) is 17.0. The topological polar surface area (TPSA) is 70.4 Å². The first-order chi connectivity index (χ1) is 9.10. The van der Waals surface area contributed by atoms with Crippen molar-refractivity contribution in [3.8, 4) is 0 Å². The highest BCUT2D eigenvalue weighted by Gasteiger charge is 2.61. The Balaban J connectivity index is 3.38. The summed E-state index contributed by atoms with van der Waals surface area (Å²) in [5.41, 5.74) is -4.20. The van der Waals surface area contributed by atoms with Gasteiger partial charge in [0.15, 0.2) is 0 Å². The number of hydrogen-bond donors (Lipinski definition) is 3. The maximum Gasteiger partial charge on any atom is 0.405 e. The normalized spacial score (nSPS) is 21.4. The van der Waals surface area contributed by atoms with Crippen LogP contribution in [0.3, 0.4) is 0 Å². The molecular weight excluding hydrogens is 337 g/mol. The number of aliphatic hydroxyl groups is 3. The maximum absolute atomic E-state index is 10.3.